The Bertz CT molecular complexity index is 816. The van der Waals surface area contributed by atoms with Gasteiger partial charge in [-0.3, -0.25) is 4.79 Å². The summed E-state index contributed by atoms with van der Waals surface area (Å²) < 4.78 is 0. The minimum absolute atomic E-state index is 0.0605. The number of hydrogen-bond acceptors (Lipinski definition) is 1. The molecule has 0 saturated heterocycles. The van der Waals surface area contributed by atoms with Crippen molar-refractivity contribution >= 4 is 12.0 Å². The van der Waals surface area contributed by atoms with Crippen molar-refractivity contribution in [3.05, 3.63) is 65.3 Å². The highest BCUT2D eigenvalue weighted by Crippen LogP contribution is 2.63. The number of aliphatic carboxylic acids is 1. The Balaban J connectivity index is 2.23. The number of carboxylic acids is 1. The Morgan fingerprint density at radius 2 is 1.75 bits per heavy atom. The number of carboxylic acid groups (broad SMARTS) is 1. The van der Waals surface area contributed by atoms with Crippen molar-refractivity contribution in [3.63, 3.8) is 0 Å². The lowest BCUT2D eigenvalue weighted by Gasteiger charge is -2.53. The molecule has 3 rings (SSSR count). The van der Waals surface area contributed by atoms with Crippen molar-refractivity contribution in [3.8, 4) is 0 Å². The molecular formula is C26H34O2. The quantitative estimate of drug-likeness (QED) is 0.556. The number of rotatable bonds is 6. The molecule has 0 fully saturated rings. The molecule has 1 aromatic rings. The second-order valence-electron chi connectivity index (χ2n) is 8.68. The average Bonchev–Trinajstić information content (AvgIpc) is 3.05. The van der Waals surface area contributed by atoms with Gasteiger partial charge < -0.3 is 5.11 Å². The second-order valence-corrected chi connectivity index (χ2v) is 8.68. The summed E-state index contributed by atoms with van der Waals surface area (Å²) >= 11 is 0. The average molecular weight is 379 g/mol. The molecule has 0 bridgehead atoms. The zero-order chi connectivity index (χ0) is 20.5. The molecule has 0 radical (unpaired) electrons. The summed E-state index contributed by atoms with van der Waals surface area (Å²) in [5.41, 5.74) is 2.51. The Hall–Kier alpha value is -2.09. The molecule has 0 aromatic heterocycles. The molecular weight excluding hydrogens is 344 g/mol. The molecule has 28 heavy (non-hydrogen) atoms. The van der Waals surface area contributed by atoms with Crippen LogP contribution in [0.15, 0.2) is 59.7 Å². The molecule has 2 aliphatic carbocycles. The van der Waals surface area contributed by atoms with E-state index in [0.717, 1.165) is 24.8 Å². The standard InChI is InChI=1S/C26H34O2/c1-6-20-16-18(4)22-21(7-2)17-26(8-3,25(5,23(20)22)24(27)28)15-14-19-12-10-9-11-13-19/h9-18,22-23H,6-8H2,1-5H3,(H,27,28). The SMILES string of the molecule is CCC1=CC(C=Cc2ccccc2)(CC)C(C)(C(=O)O)C2C(CC)=CC(C)C12. The molecule has 2 heteroatoms. The zero-order valence-electron chi connectivity index (χ0n) is 17.9. The van der Waals surface area contributed by atoms with Crippen molar-refractivity contribution in [2.75, 3.05) is 0 Å². The van der Waals surface area contributed by atoms with E-state index >= 15 is 0 Å². The summed E-state index contributed by atoms with van der Waals surface area (Å²) in [5, 5.41) is 10.6. The van der Waals surface area contributed by atoms with Gasteiger partial charge >= 0.3 is 5.97 Å². The Morgan fingerprint density at radius 1 is 1.11 bits per heavy atom. The molecule has 0 amide bonds. The van der Waals surface area contributed by atoms with Gasteiger partial charge in [-0.2, -0.15) is 0 Å². The van der Waals surface area contributed by atoms with Crippen LogP contribution in [0.1, 0.15) is 59.4 Å². The Labute approximate surface area is 170 Å². The largest absolute Gasteiger partial charge is 0.481 e. The molecule has 0 heterocycles. The Morgan fingerprint density at radius 3 is 2.29 bits per heavy atom. The van der Waals surface area contributed by atoms with Crippen LogP contribution in [-0.4, -0.2) is 11.1 Å². The fourth-order valence-electron chi connectivity index (χ4n) is 5.85. The Kier molecular flexibility index (Phi) is 5.70. The van der Waals surface area contributed by atoms with E-state index < -0.39 is 16.8 Å². The number of fused-ring (bicyclic) bond motifs is 1. The van der Waals surface area contributed by atoms with E-state index in [2.05, 4.69) is 64.1 Å². The van der Waals surface area contributed by atoms with Gasteiger partial charge in [-0.1, -0.05) is 93.5 Å². The van der Waals surface area contributed by atoms with Crippen LogP contribution < -0.4 is 0 Å². The first-order valence-electron chi connectivity index (χ1n) is 10.7. The molecule has 1 aromatic carbocycles. The molecule has 150 valence electrons. The fourth-order valence-corrected chi connectivity index (χ4v) is 5.85. The number of hydrogen-bond donors (Lipinski definition) is 1. The highest BCUT2D eigenvalue weighted by atomic mass is 16.4. The van der Waals surface area contributed by atoms with Crippen LogP contribution >= 0.6 is 0 Å². The van der Waals surface area contributed by atoms with Gasteiger partial charge in [0.1, 0.15) is 0 Å². The summed E-state index contributed by atoms with van der Waals surface area (Å²) in [5.74, 6) is 0.0934. The van der Waals surface area contributed by atoms with Crippen LogP contribution in [0, 0.1) is 28.6 Å². The molecule has 2 nitrogen and oxygen atoms in total. The van der Waals surface area contributed by atoms with E-state index in [1.165, 1.54) is 11.1 Å². The fraction of sp³-hybridized carbons (Fsp3) is 0.500. The highest BCUT2D eigenvalue weighted by Gasteiger charge is 2.62. The smallest absolute Gasteiger partial charge is 0.311 e. The monoisotopic (exact) mass is 378 g/mol. The van der Waals surface area contributed by atoms with Crippen molar-refractivity contribution in [1.29, 1.82) is 0 Å². The maximum atomic E-state index is 12.9. The summed E-state index contributed by atoms with van der Waals surface area (Å²) in [7, 11) is 0. The van der Waals surface area contributed by atoms with E-state index in [9.17, 15) is 9.90 Å². The number of benzene rings is 1. The molecule has 2 aliphatic rings. The van der Waals surface area contributed by atoms with Gasteiger partial charge in [0.2, 0.25) is 0 Å². The first-order chi connectivity index (χ1) is 13.3. The van der Waals surface area contributed by atoms with Crippen molar-refractivity contribution in [2.45, 2.75) is 53.9 Å². The summed E-state index contributed by atoms with van der Waals surface area (Å²) in [6.07, 6.45) is 11.6. The van der Waals surface area contributed by atoms with E-state index in [0.29, 0.717) is 11.8 Å². The number of allylic oxidation sites excluding steroid dienone is 5. The summed E-state index contributed by atoms with van der Waals surface area (Å²) in [4.78, 5) is 12.9. The van der Waals surface area contributed by atoms with Gasteiger partial charge in [0.15, 0.2) is 0 Å². The van der Waals surface area contributed by atoms with Crippen molar-refractivity contribution in [1.82, 2.24) is 0 Å². The van der Waals surface area contributed by atoms with Crippen LogP contribution in [0.2, 0.25) is 0 Å². The lowest BCUT2D eigenvalue weighted by atomic mass is 9.48. The van der Waals surface area contributed by atoms with Crippen LogP contribution in [0.5, 0.6) is 0 Å². The third kappa shape index (κ3) is 2.98. The van der Waals surface area contributed by atoms with Gasteiger partial charge in [0.25, 0.3) is 0 Å². The molecule has 0 spiro atoms. The molecule has 5 atom stereocenters. The third-order valence-electron chi connectivity index (χ3n) is 7.48. The first-order valence-corrected chi connectivity index (χ1v) is 10.7. The minimum atomic E-state index is -0.858. The van der Waals surface area contributed by atoms with Crippen LogP contribution in [0.4, 0.5) is 0 Å². The normalized spacial score (nSPS) is 34.8. The van der Waals surface area contributed by atoms with E-state index in [1.807, 2.05) is 25.1 Å². The van der Waals surface area contributed by atoms with E-state index in [1.54, 1.807) is 0 Å². The van der Waals surface area contributed by atoms with Gasteiger partial charge in [0, 0.05) is 11.3 Å². The van der Waals surface area contributed by atoms with Crippen LogP contribution in [-0.2, 0) is 4.79 Å². The van der Waals surface area contributed by atoms with Crippen molar-refractivity contribution < 1.29 is 9.90 Å². The lowest BCUT2D eigenvalue weighted by molar-refractivity contribution is -0.159. The van der Waals surface area contributed by atoms with Crippen molar-refractivity contribution in [2.24, 2.45) is 28.6 Å². The van der Waals surface area contributed by atoms with Gasteiger partial charge in [-0.15, -0.1) is 0 Å². The maximum absolute atomic E-state index is 12.9. The first kappa shape index (κ1) is 20.6. The predicted octanol–water partition coefficient (Wildman–Crippen LogP) is 6.76. The summed E-state index contributed by atoms with van der Waals surface area (Å²) in [6, 6.07) is 10.2. The maximum Gasteiger partial charge on any atom is 0.311 e. The molecule has 5 unspecified atom stereocenters. The molecule has 1 N–H and O–H groups in total. The zero-order valence-corrected chi connectivity index (χ0v) is 17.9. The highest BCUT2D eigenvalue weighted by molar-refractivity contribution is 5.79. The van der Waals surface area contributed by atoms with Crippen LogP contribution in [0.3, 0.4) is 0 Å². The van der Waals surface area contributed by atoms with Gasteiger partial charge in [0.05, 0.1) is 5.41 Å². The second kappa shape index (κ2) is 7.73. The topological polar surface area (TPSA) is 37.3 Å². The van der Waals surface area contributed by atoms with E-state index in [4.69, 9.17) is 0 Å². The lowest BCUT2D eigenvalue weighted by Crippen LogP contribution is -2.54. The molecule has 0 aliphatic heterocycles. The predicted molar refractivity (Wildman–Crippen MR) is 117 cm³/mol. The third-order valence-corrected chi connectivity index (χ3v) is 7.48. The number of carbonyl (C=O) groups is 1. The molecule has 0 saturated carbocycles. The van der Waals surface area contributed by atoms with Gasteiger partial charge in [-0.05, 0) is 43.6 Å². The van der Waals surface area contributed by atoms with Gasteiger partial charge in [-0.25, -0.2) is 0 Å². The minimum Gasteiger partial charge on any atom is -0.481 e. The summed E-state index contributed by atoms with van der Waals surface area (Å²) in [6.45, 7) is 10.8. The van der Waals surface area contributed by atoms with Crippen LogP contribution in [0.25, 0.3) is 6.08 Å². The van der Waals surface area contributed by atoms with E-state index in [-0.39, 0.29) is 5.92 Å².